The average molecular weight is 166 g/mol. The van der Waals surface area contributed by atoms with Gasteiger partial charge in [0.05, 0.1) is 0 Å². The highest BCUT2D eigenvalue weighted by atomic mass is 28.1. The minimum absolute atomic E-state index is 0.375. The third-order valence-corrected chi connectivity index (χ3v) is 5.56. The Balaban J connectivity index is 3.27. The van der Waals surface area contributed by atoms with Gasteiger partial charge in [-0.05, 0) is 26.3 Å². The molecule has 0 aliphatic heterocycles. The zero-order chi connectivity index (χ0) is 8.81. The second kappa shape index (κ2) is 2.34. The van der Waals surface area contributed by atoms with Crippen LogP contribution in [0, 0.1) is 5.41 Å². The standard InChI is InChI=1S/C10H18Si/c1-6-7(2)9(11)10(4,5)8(6)3/h1-5,11H3. The van der Waals surface area contributed by atoms with Gasteiger partial charge in [-0.25, -0.2) is 0 Å². The third kappa shape index (κ3) is 1.02. The lowest BCUT2D eigenvalue weighted by molar-refractivity contribution is 0.574. The maximum Gasteiger partial charge on any atom is 0.0347 e. The van der Waals surface area contributed by atoms with Crippen LogP contribution in [0.4, 0.5) is 0 Å². The molecule has 0 amide bonds. The smallest absolute Gasteiger partial charge is 0.0347 e. The maximum absolute atomic E-state index is 2.34. The van der Waals surface area contributed by atoms with Crippen LogP contribution in [-0.2, 0) is 0 Å². The molecule has 1 rings (SSSR count). The molecule has 0 aromatic rings. The van der Waals surface area contributed by atoms with Crippen molar-refractivity contribution in [2.75, 3.05) is 0 Å². The van der Waals surface area contributed by atoms with E-state index in [-0.39, 0.29) is 0 Å². The van der Waals surface area contributed by atoms with E-state index in [0.717, 1.165) is 0 Å². The molecule has 1 aliphatic carbocycles. The van der Waals surface area contributed by atoms with Gasteiger partial charge in [-0.3, -0.25) is 0 Å². The Morgan fingerprint density at radius 3 is 1.55 bits per heavy atom. The highest BCUT2D eigenvalue weighted by Gasteiger charge is 2.30. The van der Waals surface area contributed by atoms with Crippen LogP contribution in [0.1, 0.15) is 34.6 Å². The molecule has 1 heteroatoms. The number of hydrogen-bond donors (Lipinski definition) is 0. The Labute approximate surface area is 72.8 Å². The van der Waals surface area contributed by atoms with Crippen LogP contribution in [0.3, 0.4) is 0 Å². The highest BCUT2D eigenvalue weighted by Crippen LogP contribution is 2.44. The lowest BCUT2D eigenvalue weighted by atomic mass is 9.87. The van der Waals surface area contributed by atoms with Crippen LogP contribution < -0.4 is 0 Å². The number of hydrogen-bond acceptors (Lipinski definition) is 0. The molecular formula is C10H18Si. The first kappa shape index (κ1) is 8.79. The summed E-state index contributed by atoms with van der Waals surface area (Å²) in [6, 6.07) is 0. The van der Waals surface area contributed by atoms with E-state index in [1.165, 1.54) is 15.8 Å². The first-order valence-corrected chi connectivity index (χ1v) is 5.25. The number of rotatable bonds is 0. The van der Waals surface area contributed by atoms with Crippen molar-refractivity contribution >= 4 is 10.2 Å². The molecule has 0 heterocycles. The van der Waals surface area contributed by atoms with Gasteiger partial charge in [0.1, 0.15) is 0 Å². The largest absolute Gasteiger partial charge is 0.0792 e. The van der Waals surface area contributed by atoms with Gasteiger partial charge in [0.15, 0.2) is 0 Å². The summed E-state index contributed by atoms with van der Waals surface area (Å²) in [5.74, 6) is 0. The van der Waals surface area contributed by atoms with E-state index < -0.39 is 0 Å². The zero-order valence-electron chi connectivity index (χ0n) is 8.50. The molecule has 0 saturated carbocycles. The molecule has 0 bridgehead atoms. The van der Waals surface area contributed by atoms with Crippen molar-refractivity contribution in [1.29, 1.82) is 0 Å². The molecule has 0 unspecified atom stereocenters. The normalized spacial score (nSPS) is 23.7. The Bertz CT molecular complexity index is 228. The SMILES string of the molecule is CC1=C(C)C(C)(C)C([SiH3])=C1C. The molecular weight excluding hydrogens is 148 g/mol. The predicted molar refractivity (Wildman–Crippen MR) is 54.8 cm³/mol. The molecule has 0 aromatic heterocycles. The van der Waals surface area contributed by atoms with Gasteiger partial charge in [-0.15, -0.1) is 0 Å². The van der Waals surface area contributed by atoms with Gasteiger partial charge in [-0.1, -0.05) is 30.2 Å². The first-order valence-electron chi connectivity index (χ1n) is 4.25. The van der Waals surface area contributed by atoms with Crippen molar-refractivity contribution in [1.82, 2.24) is 0 Å². The van der Waals surface area contributed by atoms with Crippen LogP contribution in [0.2, 0.25) is 0 Å². The van der Waals surface area contributed by atoms with Gasteiger partial charge in [0.25, 0.3) is 0 Å². The van der Waals surface area contributed by atoms with Crippen molar-refractivity contribution in [3.05, 3.63) is 21.9 Å². The van der Waals surface area contributed by atoms with E-state index in [1.54, 1.807) is 16.3 Å². The van der Waals surface area contributed by atoms with Gasteiger partial charge in [0, 0.05) is 15.7 Å². The minimum Gasteiger partial charge on any atom is -0.0792 e. The fraction of sp³-hybridized carbons (Fsp3) is 0.600. The van der Waals surface area contributed by atoms with Crippen molar-refractivity contribution in [3.63, 3.8) is 0 Å². The molecule has 1 aliphatic rings. The van der Waals surface area contributed by atoms with E-state index in [2.05, 4.69) is 34.6 Å². The fourth-order valence-electron chi connectivity index (χ4n) is 1.78. The van der Waals surface area contributed by atoms with Crippen molar-refractivity contribution in [2.24, 2.45) is 5.41 Å². The monoisotopic (exact) mass is 166 g/mol. The summed E-state index contributed by atoms with van der Waals surface area (Å²) < 4.78 is 0. The molecule has 0 radical (unpaired) electrons. The average Bonchev–Trinajstić information content (AvgIpc) is 2.06. The lowest BCUT2D eigenvalue weighted by Crippen LogP contribution is -2.13. The van der Waals surface area contributed by atoms with Crippen molar-refractivity contribution < 1.29 is 0 Å². The second-order valence-electron chi connectivity index (χ2n) is 4.12. The van der Waals surface area contributed by atoms with E-state index in [9.17, 15) is 0 Å². The first-order chi connectivity index (χ1) is 4.89. The summed E-state index contributed by atoms with van der Waals surface area (Å²) in [4.78, 5) is 0. The highest BCUT2D eigenvalue weighted by molar-refractivity contribution is 6.24. The Kier molecular flexibility index (Phi) is 1.87. The summed E-state index contributed by atoms with van der Waals surface area (Å²) in [6.07, 6.45) is 0. The fourth-order valence-corrected chi connectivity index (χ4v) is 2.53. The number of allylic oxidation sites excluding steroid dienone is 4. The third-order valence-electron chi connectivity index (χ3n) is 3.56. The summed E-state index contributed by atoms with van der Waals surface area (Å²) in [6.45, 7) is 11.5. The van der Waals surface area contributed by atoms with Gasteiger partial charge < -0.3 is 0 Å². The lowest BCUT2D eigenvalue weighted by Gasteiger charge is -2.23. The van der Waals surface area contributed by atoms with Gasteiger partial charge in [-0.2, -0.15) is 0 Å². The van der Waals surface area contributed by atoms with E-state index in [1.807, 2.05) is 0 Å². The Morgan fingerprint density at radius 1 is 1.00 bits per heavy atom. The van der Waals surface area contributed by atoms with Crippen molar-refractivity contribution in [2.45, 2.75) is 34.6 Å². The molecule has 0 aromatic carbocycles. The Morgan fingerprint density at radius 2 is 1.45 bits per heavy atom. The van der Waals surface area contributed by atoms with Gasteiger partial charge in [0.2, 0.25) is 0 Å². The molecule has 62 valence electrons. The second-order valence-corrected chi connectivity index (χ2v) is 5.12. The van der Waals surface area contributed by atoms with Crippen LogP contribution in [-0.4, -0.2) is 10.2 Å². The molecule has 0 spiro atoms. The summed E-state index contributed by atoms with van der Waals surface area (Å²) >= 11 is 0. The van der Waals surface area contributed by atoms with Crippen LogP contribution in [0.25, 0.3) is 0 Å². The Hall–Kier alpha value is -0.303. The van der Waals surface area contributed by atoms with Crippen LogP contribution in [0.15, 0.2) is 21.9 Å². The summed E-state index contributed by atoms with van der Waals surface area (Å²) in [7, 11) is 1.21. The van der Waals surface area contributed by atoms with Crippen LogP contribution in [0.5, 0.6) is 0 Å². The molecule has 0 nitrogen and oxygen atoms in total. The van der Waals surface area contributed by atoms with E-state index >= 15 is 0 Å². The zero-order valence-corrected chi connectivity index (χ0v) is 10.5. The summed E-state index contributed by atoms with van der Waals surface area (Å²) in [5, 5.41) is 1.67. The molecule has 0 N–H and O–H groups in total. The summed E-state index contributed by atoms with van der Waals surface area (Å²) in [5.41, 5.74) is 5.03. The van der Waals surface area contributed by atoms with Gasteiger partial charge >= 0.3 is 0 Å². The van der Waals surface area contributed by atoms with Crippen LogP contribution >= 0.6 is 0 Å². The topological polar surface area (TPSA) is 0 Å². The maximum atomic E-state index is 2.34. The van der Waals surface area contributed by atoms with E-state index in [0.29, 0.717) is 5.41 Å². The molecule has 0 saturated heterocycles. The quantitative estimate of drug-likeness (QED) is 0.483. The van der Waals surface area contributed by atoms with Crippen molar-refractivity contribution in [3.8, 4) is 0 Å². The molecule has 0 atom stereocenters. The predicted octanol–water partition coefficient (Wildman–Crippen LogP) is 2.00. The molecule has 0 fully saturated rings. The van der Waals surface area contributed by atoms with E-state index in [4.69, 9.17) is 0 Å². The molecule has 11 heavy (non-hydrogen) atoms. The minimum atomic E-state index is 0.375.